The first-order valence-corrected chi connectivity index (χ1v) is 7.78. The number of nitrogens with two attached hydrogens (primary N) is 1. The highest BCUT2D eigenvalue weighted by atomic mass is 15.3. The molecule has 0 unspecified atom stereocenters. The van der Waals surface area contributed by atoms with Crippen molar-refractivity contribution < 1.29 is 0 Å². The molecule has 0 bridgehead atoms. The lowest BCUT2D eigenvalue weighted by Gasteiger charge is -2.07. The molecule has 110 valence electrons. The summed E-state index contributed by atoms with van der Waals surface area (Å²) in [5, 5.41) is 6.96. The van der Waals surface area contributed by atoms with Gasteiger partial charge in [0.1, 0.15) is 5.52 Å². The molecular weight excluding hydrogens is 260 g/mol. The summed E-state index contributed by atoms with van der Waals surface area (Å²) in [6, 6.07) is 6.31. The van der Waals surface area contributed by atoms with Crippen molar-refractivity contribution in [3.8, 4) is 0 Å². The molecule has 0 aliphatic heterocycles. The first-order chi connectivity index (χ1) is 10.2. The molecule has 0 saturated carbocycles. The van der Waals surface area contributed by atoms with Crippen LogP contribution in [0.15, 0.2) is 24.4 Å². The van der Waals surface area contributed by atoms with E-state index in [0.29, 0.717) is 5.82 Å². The molecule has 1 aromatic carbocycles. The fourth-order valence-electron chi connectivity index (χ4n) is 2.89. The molecule has 21 heavy (non-hydrogen) atoms. The number of aryl methyl sites for hydroxylation is 2. The number of nitrogens with zero attached hydrogens (tertiary/aromatic N) is 3. The van der Waals surface area contributed by atoms with Crippen molar-refractivity contribution in [2.75, 3.05) is 5.73 Å². The minimum absolute atomic E-state index is 0.528. The van der Waals surface area contributed by atoms with Gasteiger partial charge in [-0.3, -0.25) is 4.68 Å². The molecule has 4 heteroatoms. The van der Waals surface area contributed by atoms with Crippen LogP contribution in [-0.2, 0) is 13.0 Å². The fourth-order valence-corrected chi connectivity index (χ4v) is 2.89. The highest BCUT2D eigenvalue weighted by molar-refractivity contribution is 6.09. The van der Waals surface area contributed by atoms with Crippen LogP contribution in [0.1, 0.15) is 38.7 Å². The van der Waals surface area contributed by atoms with Crippen LogP contribution >= 0.6 is 0 Å². The number of fused-ring (bicyclic) bond motifs is 3. The molecule has 0 aliphatic rings. The summed E-state index contributed by atoms with van der Waals surface area (Å²) in [6.45, 7) is 5.28. The monoisotopic (exact) mass is 282 g/mol. The molecule has 0 amide bonds. The van der Waals surface area contributed by atoms with E-state index in [1.807, 2.05) is 10.7 Å². The topological polar surface area (TPSA) is 56.7 Å². The number of rotatable bonds is 5. The average molecular weight is 282 g/mol. The van der Waals surface area contributed by atoms with Gasteiger partial charge in [0, 0.05) is 23.5 Å². The normalized spacial score (nSPS) is 11.5. The van der Waals surface area contributed by atoms with Gasteiger partial charge in [0.15, 0.2) is 5.82 Å². The second-order valence-corrected chi connectivity index (χ2v) is 5.57. The van der Waals surface area contributed by atoms with E-state index in [4.69, 9.17) is 5.73 Å². The Morgan fingerprint density at radius 3 is 2.81 bits per heavy atom. The van der Waals surface area contributed by atoms with Crippen molar-refractivity contribution in [2.24, 2.45) is 0 Å². The van der Waals surface area contributed by atoms with Crippen LogP contribution in [0.2, 0.25) is 0 Å². The smallest absolute Gasteiger partial charge is 0.152 e. The molecule has 0 spiro atoms. The van der Waals surface area contributed by atoms with Gasteiger partial charge >= 0.3 is 0 Å². The first kappa shape index (κ1) is 13.9. The van der Waals surface area contributed by atoms with Gasteiger partial charge in [0.25, 0.3) is 0 Å². The molecule has 0 atom stereocenters. The standard InChI is InChI=1S/C17H22N4/c1-3-5-7-12-8-6-9-14-15(12)13-11-21(10-4-2)20-16(13)17(18)19-14/h6,8-9,11H,3-5,7,10H2,1-2H3,(H2,18,19). The van der Waals surface area contributed by atoms with Crippen molar-refractivity contribution >= 4 is 27.6 Å². The number of pyridine rings is 1. The zero-order valence-corrected chi connectivity index (χ0v) is 12.8. The van der Waals surface area contributed by atoms with E-state index in [9.17, 15) is 0 Å². The van der Waals surface area contributed by atoms with E-state index in [1.54, 1.807) is 0 Å². The van der Waals surface area contributed by atoms with Crippen LogP contribution in [0, 0.1) is 0 Å². The highest BCUT2D eigenvalue weighted by Gasteiger charge is 2.13. The maximum Gasteiger partial charge on any atom is 0.152 e. The Bertz CT molecular complexity index is 773. The zero-order chi connectivity index (χ0) is 14.8. The van der Waals surface area contributed by atoms with Crippen molar-refractivity contribution in [1.29, 1.82) is 0 Å². The quantitative estimate of drug-likeness (QED) is 0.771. The molecule has 4 nitrogen and oxygen atoms in total. The van der Waals surface area contributed by atoms with Crippen molar-refractivity contribution in [2.45, 2.75) is 46.1 Å². The second-order valence-electron chi connectivity index (χ2n) is 5.57. The lowest BCUT2D eigenvalue weighted by molar-refractivity contribution is 0.609. The summed E-state index contributed by atoms with van der Waals surface area (Å²) in [5.41, 5.74) is 9.25. The Morgan fingerprint density at radius 2 is 2.05 bits per heavy atom. The van der Waals surface area contributed by atoms with Gasteiger partial charge in [-0.25, -0.2) is 4.98 Å². The molecule has 0 saturated heterocycles. The molecular formula is C17H22N4. The van der Waals surface area contributed by atoms with Crippen LogP contribution in [0.5, 0.6) is 0 Å². The minimum atomic E-state index is 0.528. The lowest BCUT2D eigenvalue weighted by Crippen LogP contribution is -1.97. The Balaban J connectivity index is 2.27. The Hall–Kier alpha value is -2.10. The van der Waals surface area contributed by atoms with Crippen molar-refractivity contribution in [3.63, 3.8) is 0 Å². The van der Waals surface area contributed by atoms with Crippen LogP contribution in [0.3, 0.4) is 0 Å². The molecule has 3 aromatic rings. The summed E-state index contributed by atoms with van der Waals surface area (Å²) < 4.78 is 1.98. The third kappa shape index (κ3) is 2.46. The van der Waals surface area contributed by atoms with E-state index in [-0.39, 0.29) is 0 Å². The van der Waals surface area contributed by atoms with Gasteiger partial charge in [-0.2, -0.15) is 5.10 Å². The average Bonchev–Trinajstić information content (AvgIpc) is 2.89. The third-order valence-corrected chi connectivity index (χ3v) is 3.90. The predicted octanol–water partition coefficient (Wildman–Crippen LogP) is 3.92. The number of hydrogen-bond donors (Lipinski definition) is 1. The van der Waals surface area contributed by atoms with Gasteiger partial charge in [-0.1, -0.05) is 32.4 Å². The number of anilines is 1. The summed E-state index contributed by atoms with van der Waals surface area (Å²) in [4.78, 5) is 4.55. The number of unbranched alkanes of at least 4 members (excludes halogenated alkanes) is 1. The van der Waals surface area contributed by atoms with Gasteiger partial charge in [-0.05, 0) is 30.9 Å². The number of benzene rings is 1. The first-order valence-electron chi connectivity index (χ1n) is 7.78. The van der Waals surface area contributed by atoms with Gasteiger partial charge in [0.2, 0.25) is 0 Å². The van der Waals surface area contributed by atoms with E-state index >= 15 is 0 Å². The Morgan fingerprint density at radius 1 is 1.19 bits per heavy atom. The maximum absolute atomic E-state index is 6.10. The molecule has 0 fully saturated rings. The number of nitrogen functional groups attached to an aromatic ring is 1. The Kier molecular flexibility index (Phi) is 3.78. The van der Waals surface area contributed by atoms with Crippen LogP contribution in [-0.4, -0.2) is 14.8 Å². The Labute approximate surface area is 125 Å². The van der Waals surface area contributed by atoms with Gasteiger partial charge < -0.3 is 5.73 Å². The van der Waals surface area contributed by atoms with Crippen LogP contribution in [0.4, 0.5) is 5.82 Å². The fraction of sp³-hybridized carbons (Fsp3) is 0.412. The van der Waals surface area contributed by atoms with Crippen LogP contribution < -0.4 is 5.73 Å². The van der Waals surface area contributed by atoms with E-state index in [2.05, 4.69) is 42.3 Å². The summed E-state index contributed by atoms with van der Waals surface area (Å²) in [6.07, 6.45) is 6.63. The molecule has 2 aromatic heterocycles. The largest absolute Gasteiger partial charge is 0.382 e. The maximum atomic E-state index is 6.10. The molecule has 0 radical (unpaired) electrons. The number of aromatic nitrogens is 3. The lowest BCUT2D eigenvalue weighted by atomic mass is 10.0. The van der Waals surface area contributed by atoms with Crippen molar-refractivity contribution in [3.05, 3.63) is 30.0 Å². The third-order valence-electron chi connectivity index (χ3n) is 3.90. The van der Waals surface area contributed by atoms with E-state index in [1.165, 1.54) is 23.8 Å². The summed E-state index contributed by atoms with van der Waals surface area (Å²) in [7, 11) is 0. The molecule has 0 aliphatic carbocycles. The van der Waals surface area contributed by atoms with Gasteiger partial charge in [0.05, 0.1) is 5.52 Å². The predicted molar refractivity (Wildman–Crippen MR) is 88.3 cm³/mol. The SMILES string of the molecule is CCCCc1cccc2nc(N)c3nn(CCC)cc3c12. The number of hydrogen-bond acceptors (Lipinski definition) is 3. The minimum Gasteiger partial charge on any atom is -0.382 e. The van der Waals surface area contributed by atoms with E-state index < -0.39 is 0 Å². The van der Waals surface area contributed by atoms with Crippen LogP contribution in [0.25, 0.3) is 21.8 Å². The summed E-state index contributed by atoms with van der Waals surface area (Å²) >= 11 is 0. The van der Waals surface area contributed by atoms with Gasteiger partial charge in [-0.15, -0.1) is 0 Å². The highest BCUT2D eigenvalue weighted by Crippen LogP contribution is 2.30. The van der Waals surface area contributed by atoms with Crippen molar-refractivity contribution in [1.82, 2.24) is 14.8 Å². The molecule has 2 N–H and O–H groups in total. The van der Waals surface area contributed by atoms with E-state index in [0.717, 1.165) is 35.8 Å². The zero-order valence-electron chi connectivity index (χ0n) is 12.8. The summed E-state index contributed by atoms with van der Waals surface area (Å²) in [5.74, 6) is 0.528. The molecule has 2 heterocycles. The second kappa shape index (κ2) is 5.72. The molecule has 3 rings (SSSR count).